The van der Waals surface area contributed by atoms with Crippen LogP contribution in [0.2, 0.25) is 0 Å². The van der Waals surface area contributed by atoms with Gasteiger partial charge in [-0.3, -0.25) is 0 Å². The van der Waals surface area contributed by atoms with Gasteiger partial charge in [0.15, 0.2) is 5.79 Å². The number of nitrogens with two attached hydrogens (primary N) is 1. The van der Waals surface area contributed by atoms with Crippen LogP contribution in [0.1, 0.15) is 6.42 Å². The van der Waals surface area contributed by atoms with E-state index < -0.39 is 36.8 Å². The van der Waals surface area contributed by atoms with Gasteiger partial charge >= 0.3 is 0 Å². The second kappa shape index (κ2) is 4.71. The first-order valence-corrected chi connectivity index (χ1v) is 4.71. The fourth-order valence-electron chi connectivity index (χ4n) is 1.63. The lowest BCUT2D eigenvalue weighted by atomic mass is 9.91. The molecule has 90 valence electrons. The molecule has 0 aromatic rings. The van der Waals surface area contributed by atoms with Crippen LogP contribution in [0.5, 0.6) is 0 Å². The number of aliphatic hydroxyl groups excluding tert-OH is 4. The maximum absolute atomic E-state index is 9.80. The van der Waals surface area contributed by atoms with Crippen molar-refractivity contribution in [2.24, 2.45) is 5.73 Å². The van der Waals surface area contributed by atoms with Crippen LogP contribution in [0, 0.1) is 0 Å². The molecule has 7 heteroatoms. The third-order valence-electron chi connectivity index (χ3n) is 2.55. The van der Waals surface area contributed by atoms with Crippen molar-refractivity contribution >= 4 is 0 Å². The van der Waals surface area contributed by atoms with Gasteiger partial charge in [0.25, 0.3) is 0 Å². The summed E-state index contributed by atoms with van der Waals surface area (Å²) < 4.78 is 4.92. The van der Waals surface area contributed by atoms with Gasteiger partial charge < -0.3 is 36.0 Å². The maximum Gasteiger partial charge on any atom is 0.196 e. The molecule has 0 spiro atoms. The molecular weight excluding hydrogens is 206 g/mol. The summed E-state index contributed by atoms with van der Waals surface area (Å²) >= 11 is 0. The third-order valence-corrected chi connectivity index (χ3v) is 2.55. The second-order valence-corrected chi connectivity index (χ2v) is 3.65. The van der Waals surface area contributed by atoms with Crippen LogP contribution in [0.25, 0.3) is 0 Å². The third kappa shape index (κ3) is 2.28. The first kappa shape index (κ1) is 12.8. The zero-order chi connectivity index (χ0) is 11.6. The van der Waals surface area contributed by atoms with Crippen LogP contribution in [-0.2, 0) is 4.74 Å². The largest absolute Gasteiger partial charge is 0.394 e. The van der Waals surface area contributed by atoms with Crippen molar-refractivity contribution in [1.82, 2.24) is 0 Å². The molecule has 0 aromatic carbocycles. The first-order valence-electron chi connectivity index (χ1n) is 4.71. The molecule has 7 N–H and O–H groups in total. The van der Waals surface area contributed by atoms with E-state index in [9.17, 15) is 20.4 Å². The molecule has 7 nitrogen and oxygen atoms in total. The molecule has 1 aliphatic heterocycles. The smallest absolute Gasteiger partial charge is 0.196 e. The quantitative estimate of drug-likeness (QED) is 0.292. The molecule has 0 amide bonds. The van der Waals surface area contributed by atoms with Crippen LogP contribution >= 0.6 is 0 Å². The Kier molecular flexibility index (Phi) is 4.01. The maximum atomic E-state index is 9.80. The number of rotatable bonds is 3. The monoisotopic (exact) mass is 223 g/mol. The van der Waals surface area contributed by atoms with Crippen molar-refractivity contribution in [2.45, 2.75) is 36.6 Å². The Labute approximate surface area is 86.7 Å². The van der Waals surface area contributed by atoms with Gasteiger partial charge in [-0.1, -0.05) is 0 Å². The van der Waals surface area contributed by atoms with E-state index in [1.165, 1.54) is 0 Å². The van der Waals surface area contributed by atoms with Crippen molar-refractivity contribution in [3.05, 3.63) is 0 Å². The van der Waals surface area contributed by atoms with E-state index in [1.54, 1.807) is 0 Å². The molecular formula is C8H17NO6. The van der Waals surface area contributed by atoms with Gasteiger partial charge in [-0.15, -0.1) is 0 Å². The Bertz CT molecular complexity index is 213. The van der Waals surface area contributed by atoms with Crippen molar-refractivity contribution < 1.29 is 30.3 Å². The lowest BCUT2D eigenvalue weighted by Crippen LogP contribution is -2.65. The Morgan fingerprint density at radius 1 is 1.20 bits per heavy atom. The average molecular weight is 223 g/mol. The van der Waals surface area contributed by atoms with Crippen LogP contribution in [0.3, 0.4) is 0 Å². The molecule has 1 rings (SSSR count). The lowest BCUT2D eigenvalue weighted by molar-refractivity contribution is -0.350. The van der Waals surface area contributed by atoms with E-state index in [-0.39, 0.29) is 13.0 Å². The minimum atomic E-state index is -2.03. The molecule has 1 fully saturated rings. The highest BCUT2D eigenvalue weighted by Crippen LogP contribution is 2.30. The summed E-state index contributed by atoms with van der Waals surface area (Å²) in [6, 6.07) is 0. The molecule has 0 saturated carbocycles. The van der Waals surface area contributed by atoms with E-state index in [2.05, 4.69) is 0 Å². The van der Waals surface area contributed by atoms with Crippen molar-refractivity contribution in [1.29, 1.82) is 0 Å². The molecule has 1 saturated heterocycles. The Morgan fingerprint density at radius 3 is 2.27 bits per heavy atom. The Morgan fingerprint density at radius 2 is 1.80 bits per heavy atom. The molecule has 1 aliphatic rings. The number of hydrogen-bond acceptors (Lipinski definition) is 7. The van der Waals surface area contributed by atoms with Crippen LogP contribution in [0.4, 0.5) is 0 Å². The highest BCUT2D eigenvalue weighted by molar-refractivity contribution is 4.95. The Balaban J connectivity index is 2.82. The van der Waals surface area contributed by atoms with Crippen LogP contribution < -0.4 is 5.73 Å². The number of hydrogen-bond donors (Lipinski definition) is 6. The zero-order valence-electron chi connectivity index (χ0n) is 8.15. The van der Waals surface area contributed by atoms with Gasteiger partial charge in [0.1, 0.15) is 24.4 Å². The van der Waals surface area contributed by atoms with Crippen molar-refractivity contribution in [3.63, 3.8) is 0 Å². The summed E-state index contributed by atoms with van der Waals surface area (Å²) in [6.45, 7) is -0.535. The molecule has 0 radical (unpaired) electrons. The number of ether oxygens (including phenoxy) is 1. The van der Waals surface area contributed by atoms with Gasteiger partial charge in [0, 0.05) is 6.42 Å². The highest BCUT2D eigenvalue weighted by atomic mass is 16.7. The molecule has 5 atom stereocenters. The minimum absolute atomic E-state index is 0.0362. The summed E-state index contributed by atoms with van der Waals surface area (Å²) in [7, 11) is 0. The normalized spacial score (nSPS) is 46.8. The first-order chi connectivity index (χ1) is 6.96. The standard InChI is InChI=1S/C8H17NO6/c9-2-1-8(14)7(13)6(12)5(11)4(3-10)15-8/h4-7,10-14H,1-3,9H2/t4-,5-,6+,7+,8?/m1/s1. The lowest BCUT2D eigenvalue weighted by Gasteiger charge is -2.45. The van der Waals surface area contributed by atoms with Gasteiger partial charge in [-0.25, -0.2) is 0 Å². The summed E-state index contributed by atoms with van der Waals surface area (Å²) in [4.78, 5) is 0. The Hall–Kier alpha value is -0.280. The predicted molar refractivity (Wildman–Crippen MR) is 48.6 cm³/mol. The topological polar surface area (TPSA) is 136 Å². The summed E-state index contributed by atoms with van der Waals surface area (Å²) in [5.74, 6) is -2.03. The SMILES string of the molecule is NCCC1(O)O[C@H](CO)[C@@H](O)[C@H](O)[C@@H]1O. The highest BCUT2D eigenvalue weighted by Gasteiger charge is 2.51. The fraction of sp³-hybridized carbons (Fsp3) is 1.00. The number of aliphatic hydroxyl groups is 5. The van der Waals surface area contributed by atoms with E-state index in [0.29, 0.717) is 0 Å². The summed E-state index contributed by atoms with van der Waals surface area (Å²) in [5, 5.41) is 46.9. The van der Waals surface area contributed by atoms with Crippen LogP contribution in [0.15, 0.2) is 0 Å². The molecule has 0 bridgehead atoms. The summed E-state index contributed by atoms with van der Waals surface area (Å²) in [6.07, 6.45) is -5.91. The fourth-order valence-corrected chi connectivity index (χ4v) is 1.63. The van der Waals surface area contributed by atoms with Gasteiger partial charge in [-0.05, 0) is 6.54 Å². The van der Waals surface area contributed by atoms with E-state index >= 15 is 0 Å². The van der Waals surface area contributed by atoms with Gasteiger partial charge in [0.2, 0.25) is 0 Å². The van der Waals surface area contributed by atoms with Crippen molar-refractivity contribution in [2.75, 3.05) is 13.2 Å². The minimum Gasteiger partial charge on any atom is -0.394 e. The van der Waals surface area contributed by atoms with E-state index in [0.717, 1.165) is 0 Å². The van der Waals surface area contributed by atoms with Crippen LogP contribution in [-0.4, -0.2) is 68.9 Å². The van der Waals surface area contributed by atoms with Gasteiger partial charge in [0.05, 0.1) is 6.61 Å². The molecule has 15 heavy (non-hydrogen) atoms. The average Bonchev–Trinajstić information content (AvgIpc) is 2.21. The molecule has 0 aliphatic carbocycles. The molecule has 1 heterocycles. The molecule has 1 unspecified atom stereocenters. The van der Waals surface area contributed by atoms with Crippen molar-refractivity contribution in [3.8, 4) is 0 Å². The summed E-state index contributed by atoms with van der Waals surface area (Å²) in [5.41, 5.74) is 5.22. The van der Waals surface area contributed by atoms with Gasteiger partial charge in [-0.2, -0.15) is 0 Å². The van der Waals surface area contributed by atoms with E-state index in [1.807, 2.05) is 0 Å². The second-order valence-electron chi connectivity index (χ2n) is 3.65. The zero-order valence-corrected chi connectivity index (χ0v) is 8.15. The molecule has 0 aromatic heterocycles. The van der Waals surface area contributed by atoms with E-state index in [4.69, 9.17) is 15.6 Å². The predicted octanol–water partition coefficient (Wildman–Crippen LogP) is -3.50.